The molecular weight excluding hydrogens is 458 g/mol. The van der Waals surface area contributed by atoms with Crippen molar-refractivity contribution >= 4 is 34.8 Å². The topological polar surface area (TPSA) is 67.4 Å². The average molecular weight is 482 g/mol. The van der Waals surface area contributed by atoms with Crippen LogP contribution in [-0.2, 0) is 6.54 Å². The number of allylic oxidation sites excluding steroid dienone is 1. The molecule has 0 radical (unpaired) electrons. The number of furan rings is 1. The molecule has 5 rings (SSSR count). The van der Waals surface area contributed by atoms with Crippen molar-refractivity contribution < 1.29 is 4.42 Å². The van der Waals surface area contributed by atoms with E-state index in [1.807, 2.05) is 84.4 Å². The number of fused-ring (bicyclic) bond motifs is 1. The van der Waals surface area contributed by atoms with Crippen molar-refractivity contribution in [1.82, 2.24) is 14.6 Å². The first-order valence-corrected chi connectivity index (χ1v) is 11.6. The van der Waals surface area contributed by atoms with Crippen molar-refractivity contribution in [1.29, 1.82) is 0 Å². The molecule has 6 nitrogen and oxygen atoms in total. The Labute approximate surface area is 208 Å². The molecule has 0 amide bonds. The van der Waals surface area contributed by atoms with Gasteiger partial charge in [0.2, 0.25) is 0 Å². The summed E-state index contributed by atoms with van der Waals surface area (Å²) >= 11 is 6.45. The van der Waals surface area contributed by atoms with Gasteiger partial charge in [-0.2, -0.15) is 9.61 Å². The lowest BCUT2D eigenvalue weighted by molar-refractivity contribution is 0.557. The third-order valence-electron chi connectivity index (χ3n) is 5.50. The Bertz CT molecular complexity index is 1520. The van der Waals surface area contributed by atoms with E-state index in [2.05, 4.69) is 34.4 Å². The molecule has 3 heterocycles. The smallest absolute Gasteiger partial charge is 0.160 e. The van der Waals surface area contributed by atoms with E-state index in [9.17, 15) is 0 Å². The van der Waals surface area contributed by atoms with Gasteiger partial charge in [0.05, 0.1) is 18.2 Å². The largest absolute Gasteiger partial charge is 0.465 e. The van der Waals surface area contributed by atoms with Gasteiger partial charge in [-0.15, -0.1) is 0 Å². The normalized spacial score (nSPS) is 11.3. The number of rotatable bonds is 8. The summed E-state index contributed by atoms with van der Waals surface area (Å²) in [6, 6.07) is 21.6. The molecule has 0 saturated carbocycles. The van der Waals surface area contributed by atoms with Gasteiger partial charge in [-0.25, -0.2) is 4.98 Å². The van der Waals surface area contributed by atoms with E-state index in [0.717, 1.165) is 51.0 Å². The van der Waals surface area contributed by atoms with Crippen molar-refractivity contribution in [3.8, 4) is 11.3 Å². The second kappa shape index (κ2) is 9.91. The molecule has 174 valence electrons. The lowest BCUT2D eigenvalue weighted by Gasteiger charge is -2.13. The highest BCUT2D eigenvalue weighted by atomic mass is 35.5. The van der Waals surface area contributed by atoms with Crippen molar-refractivity contribution in [2.75, 3.05) is 10.6 Å². The van der Waals surface area contributed by atoms with Crippen LogP contribution >= 0.6 is 11.6 Å². The number of aromatic nitrogens is 3. The van der Waals surface area contributed by atoms with Crippen molar-refractivity contribution in [2.45, 2.75) is 13.5 Å². The molecule has 35 heavy (non-hydrogen) atoms. The summed E-state index contributed by atoms with van der Waals surface area (Å²) in [4.78, 5) is 4.81. The molecule has 0 fully saturated rings. The molecule has 0 aliphatic rings. The molecule has 3 aromatic heterocycles. The molecule has 0 aliphatic carbocycles. The Kier molecular flexibility index (Phi) is 6.37. The molecule has 0 atom stereocenters. The van der Waals surface area contributed by atoms with E-state index in [4.69, 9.17) is 21.0 Å². The van der Waals surface area contributed by atoms with Crippen LogP contribution in [-0.4, -0.2) is 14.6 Å². The minimum Gasteiger partial charge on any atom is -0.465 e. The number of hydrogen-bond donors (Lipinski definition) is 2. The van der Waals surface area contributed by atoms with Crippen molar-refractivity contribution in [3.63, 3.8) is 0 Å². The summed E-state index contributed by atoms with van der Waals surface area (Å²) in [6.45, 7) is 6.67. The zero-order valence-electron chi connectivity index (χ0n) is 19.2. The third kappa shape index (κ3) is 5.13. The number of anilines is 2. The summed E-state index contributed by atoms with van der Waals surface area (Å²) in [7, 11) is 0. The van der Waals surface area contributed by atoms with Crippen LogP contribution in [0.1, 0.15) is 16.9 Å². The fraction of sp³-hybridized carbons (Fsp3) is 0.0714. The monoisotopic (exact) mass is 481 g/mol. The zero-order valence-corrected chi connectivity index (χ0v) is 20.0. The predicted octanol–water partition coefficient (Wildman–Crippen LogP) is 7.20. The standard InChI is InChI=1S/C28H24ClN5O/c1-19-17-31-34-27(16-26(33-28(19)34)24-10-3-4-11-25(24)29)30-18-21-7-5-8-22(15-21)32-20(2)12-13-23-9-6-14-35-23/h3-17,30,32H,2,18H2,1H3/b13-12+. The number of aryl methyl sites for hydroxylation is 1. The molecule has 5 aromatic rings. The molecule has 7 heteroatoms. The van der Waals surface area contributed by atoms with Crippen molar-refractivity contribution in [3.05, 3.63) is 119 Å². The van der Waals surface area contributed by atoms with Crippen LogP contribution in [0.3, 0.4) is 0 Å². The first kappa shape index (κ1) is 22.5. The first-order chi connectivity index (χ1) is 17.1. The Morgan fingerprint density at radius 2 is 2.00 bits per heavy atom. The Hall–Kier alpha value is -4.29. The highest BCUT2D eigenvalue weighted by Gasteiger charge is 2.12. The van der Waals surface area contributed by atoms with E-state index in [-0.39, 0.29) is 0 Å². The van der Waals surface area contributed by atoms with Gasteiger partial charge in [0.25, 0.3) is 0 Å². The quantitative estimate of drug-likeness (QED) is 0.229. The van der Waals surface area contributed by atoms with Crippen LogP contribution in [0.4, 0.5) is 11.5 Å². The van der Waals surface area contributed by atoms with E-state index in [0.29, 0.717) is 11.6 Å². The molecule has 2 aromatic carbocycles. The average Bonchev–Trinajstić information content (AvgIpc) is 3.52. The van der Waals surface area contributed by atoms with Gasteiger partial charge < -0.3 is 15.1 Å². The molecule has 0 bridgehead atoms. The maximum Gasteiger partial charge on any atom is 0.160 e. The van der Waals surface area contributed by atoms with Gasteiger partial charge in [0.15, 0.2) is 5.65 Å². The second-order valence-corrected chi connectivity index (χ2v) is 8.53. The molecule has 0 unspecified atom stereocenters. The Morgan fingerprint density at radius 3 is 2.83 bits per heavy atom. The molecule has 2 N–H and O–H groups in total. The maximum absolute atomic E-state index is 6.45. The highest BCUT2D eigenvalue weighted by molar-refractivity contribution is 6.33. The van der Waals surface area contributed by atoms with Gasteiger partial charge in [0, 0.05) is 40.1 Å². The van der Waals surface area contributed by atoms with Crippen LogP contribution in [0, 0.1) is 6.92 Å². The SMILES string of the molecule is C=C(/C=C/c1ccco1)Nc1cccc(CNc2cc(-c3ccccc3Cl)nc3c(C)cnn23)c1. The van der Waals surface area contributed by atoms with E-state index < -0.39 is 0 Å². The van der Waals surface area contributed by atoms with Gasteiger partial charge in [-0.3, -0.25) is 0 Å². The van der Waals surface area contributed by atoms with E-state index >= 15 is 0 Å². The van der Waals surface area contributed by atoms with Gasteiger partial charge in [0.1, 0.15) is 11.6 Å². The lowest BCUT2D eigenvalue weighted by atomic mass is 10.1. The van der Waals surface area contributed by atoms with Crippen LogP contribution in [0.25, 0.3) is 23.0 Å². The van der Waals surface area contributed by atoms with E-state index in [1.165, 1.54) is 0 Å². The van der Waals surface area contributed by atoms with Gasteiger partial charge >= 0.3 is 0 Å². The Morgan fingerprint density at radius 1 is 1.11 bits per heavy atom. The number of nitrogens with zero attached hydrogens (tertiary/aromatic N) is 3. The second-order valence-electron chi connectivity index (χ2n) is 8.12. The number of nitrogens with one attached hydrogen (secondary N) is 2. The van der Waals surface area contributed by atoms with Crippen LogP contribution in [0.5, 0.6) is 0 Å². The molecule has 0 spiro atoms. The Balaban J connectivity index is 1.35. The third-order valence-corrected chi connectivity index (χ3v) is 5.83. The van der Waals surface area contributed by atoms with Gasteiger partial charge in [-0.1, -0.05) is 48.5 Å². The number of benzene rings is 2. The highest BCUT2D eigenvalue weighted by Crippen LogP contribution is 2.29. The fourth-order valence-corrected chi connectivity index (χ4v) is 3.99. The fourth-order valence-electron chi connectivity index (χ4n) is 3.75. The first-order valence-electron chi connectivity index (χ1n) is 11.2. The summed E-state index contributed by atoms with van der Waals surface area (Å²) < 4.78 is 7.14. The minimum absolute atomic E-state index is 0.601. The maximum atomic E-state index is 6.45. The van der Waals surface area contributed by atoms with Crippen molar-refractivity contribution in [2.24, 2.45) is 0 Å². The zero-order chi connectivity index (χ0) is 24.2. The number of halogens is 1. The molecule has 0 aliphatic heterocycles. The molecule has 0 saturated heterocycles. The van der Waals surface area contributed by atoms with Crippen LogP contribution in [0.2, 0.25) is 5.02 Å². The summed E-state index contributed by atoms with van der Waals surface area (Å²) in [6.07, 6.45) is 7.22. The summed E-state index contributed by atoms with van der Waals surface area (Å²) in [5.74, 6) is 1.61. The lowest BCUT2D eigenvalue weighted by Crippen LogP contribution is -2.07. The van der Waals surface area contributed by atoms with Crippen LogP contribution in [0.15, 0.2) is 102 Å². The number of hydrogen-bond acceptors (Lipinski definition) is 5. The van der Waals surface area contributed by atoms with Crippen LogP contribution < -0.4 is 10.6 Å². The summed E-state index contributed by atoms with van der Waals surface area (Å²) in [5, 5.41) is 12.0. The predicted molar refractivity (Wildman–Crippen MR) is 142 cm³/mol. The molecular formula is C28H24ClN5O. The summed E-state index contributed by atoms with van der Waals surface area (Å²) in [5.41, 5.74) is 6.28. The minimum atomic E-state index is 0.601. The van der Waals surface area contributed by atoms with E-state index in [1.54, 1.807) is 6.26 Å². The van der Waals surface area contributed by atoms with Gasteiger partial charge in [-0.05, 0) is 55.0 Å².